The fourth-order valence-electron chi connectivity index (χ4n) is 2.51. The summed E-state index contributed by atoms with van der Waals surface area (Å²) in [5, 5.41) is 2.99. The van der Waals surface area contributed by atoms with E-state index in [9.17, 15) is 4.79 Å². The van der Waals surface area contributed by atoms with Crippen LogP contribution in [0.1, 0.15) is 65.9 Å². The second kappa shape index (κ2) is 9.67. The standard InChI is InChI=1S/C20H33NO3/c1-7-10-13-20(6,23-9-3)19(22)21-17-11-12-18(15(4)14-17)24-16(5)8-2/h11-12,14,16H,7-10,13H2,1-6H3,(H,21,22)/t16-,20+/m0/s1. The van der Waals surface area contributed by atoms with Gasteiger partial charge in [-0.3, -0.25) is 4.79 Å². The van der Waals surface area contributed by atoms with Crippen LogP contribution in [0.4, 0.5) is 5.69 Å². The fraction of sp³-hybridized carbons (Fsp3) is 0.650. The highest BCUT2D eigenvalue weighted by Crippen LogP contribution is 2.26. The molecule has 0 aliphatic rings. The predicted molar refractivity (Wildman–Crippen MR) is 99.7 cm³/mol. The van der Waals surface area contributed by atoms with Gasteiger partial charge in [0.2, 0.25) is 0 Å². The first-order valence-electron chi connectivity index (χ1n) is 9.09. The van der Waals surface area contributed by atoms with E-state index in [4.69, 9.17) is 9.47 Å². The molecule has 1 N–H and O–H groups in total. The van der Waals surface area contributed by atoms with Gasteiger partial charge in [0.15, 0.2) is 0 Å². The van der Waals surface area contributed by atoms with Gasteiger partial charge in [-0.05, 0) is 64.3 Å². The Kier molecular flexibility index (Phi) is 8.26. The Bertz CT molecular complexity index is 530. The van der Waals surface area contributed by atoms with E-state index in [0.717, 1.165) is 42.7 Å². The number of rotatable bonds is 10. The molecule has 0 aliphatic carbocycles. The van der Waals surface area contributed by atoms with Gasteiger partial charge in [0.1, 0.15) is 11.4 Å². The first-order chi connectivity index (χ1) is 11.4. The van der Waals surface area contributed by atoms with Crippen molar-refractivity contribution in [2.45, 2.75) is 78.9 Å². The lowest BCUT2D eigenvalue weighted by atomic mass is 9.97. The van der Waals surface area contributed by atoms with Gasteiger partial charge < -0.3 is 14.8 Å². The van der Waals surface area contributed by atoms with Crippen molar-refractivity contribution in [2.75, 3.05) is 11.9 Å². The number of unbranched alkanes of at least 4 members (excludes halogenated alkanes) is 1. The van der Waals surface area contributed by atoms with Gasteiger partial charge in [-0.15, -0.1) is 0 Å². The molecule has 136 valence electrons. The Labute approximate surface area is 146 Å². The van der Waals surface area contributed by atoms with Gasteiger partial charge in [-0.1, -0.05) is 26.7 Å². The van der Waals surface area contributed by atoms with Crippen molar-refractivity contribution < 1.29 is 14.3 Å². The quantitative estimate of drug-likeness (QED) is 0.647. The molecule has 0 saturated carbocycles. The third-order valence-corrected chi connectivity index (χ3v) is 4.29. The Balaban J connectivity index is 2.83. The molecular formula is C20H33NO3. The summed E-state index contributed by atoms with van der Waals surface area (Å²) < 4.78 is 11.6. The highest BCUT2D eigenvalue weighted by molar-refractivity contribution is 5.97. The van der Waals surface area contributed by atoms with Crippen molar-refractivity contribution in [3.63, 3.8) is 0 Å². The number of ether oxygens (including phenoxy) is 2. The molecule has 0 fully saturated rings. The monoisotopic (exact) mass is 335 g/mol. The number of hydrogen-bond acceptors (Lipinski definition) is 3. The number of hydrogen-bond donors (Lipinski definition) is 1. The van der Waals surface area contributed by atoms with Crippen molar-refractivity contribution in [1.29, 1.82) is 0 Å². The first kappa shape index (κ1) is 20.5. The van der Waals surface area contributed by atoms with Gasteiger partial charge in [0.25, 0.3) is 5.91 Å². The molecule has 1 amide bonds. The Morgan fingerprint density at radius 1 is 1.29 bits per heavy atom. The molecule has 0 saturated heterocycles. The summed E-state index contributed by atoms with van der Waals surface area (Å²) in [4.78, 5) is 12.7. The van der Waals surface area contributed by atoms with Gasteiger partial charge in [0, 0.05) is 12.3 Å². The Hall–Kier alpha value is -1.55. The molecule has 0 aliphatic heterocycles. The minimum Gasteiger partial charge on any atom is -0.490 e. The molecule has 0 radical (unpaired) electrons. The van der Waals surface area contributed by atoms with Crippen molar-refractivity contribution in [3.8, 4) is 5.75 Å². The van der Waals surface area contributed by atoms with Gasteiger partial charge in [-0.25, -0.2) is 0 Å². The molecule has 1 aromatic rings. The first-order valence-corrected chi connectivity index (χ1v) is 9.09. The van der Waals surface area contributed by atoms with E-state index in [1.807, 2.05) is 39.0 Å². The van der Waals surface area contributed by atoms with E-state index in [1.165, 1.54) is 0 Å². The van der Waals surface area contributed by atoms with Crippen molar-refractivity contribution in [3.05, 3.63) is 23.8 Å². The number of carbonyl (C=O) groups is 1. The van der Waals surface area contributed by atoms with Gasteiger partial charge in [-0.2, -0.15) is 0 Å². The van der Waals surface area contributed by atoms with E-state index >= 15 is 0 Å². The third-order valence-electron chi connectivity index (χ3n) is 4.29. The van der Waals surface area contributed by atoms with Crippen molar-refractivity contribution >= 4 is 11.6 Å². The molecule has 0 heterocycles. The molecule has 1 rings (SSSR count). The van der Waals surface area contributed by atoms with Crippen LogP contribution < -0.4 is 10.1 Å². The van der Waals surface area contributed by atoms with Crippen molar-refractivity contribution in [2.24, 2.45) is 0 Å². The van der Waals surface area contributed by atoms with Crippen LogP contribution in [-0.4, -0.2) is 24.2 Å². The summed E-state index contributed by atoms with van der Waals surface area (Å²) in [5.74, 6) is 0.772. The lowest BCUT2D eigenvalue weighted by Crippen LogP contribution is -2.42. The van der Waals surface area contributed by atoms with Crippen LogP contribution in [0.2, 0.25) is 0 Å². The average molecular weight is 335 g/mol. The zero-order valence-corrected chi connectivity index (χ0v) is 16.1. The maximum atomic E-state index is 12.7. The van der Waals surface area contributed by atoms with Crippen LogP contribution >= 0.6 is 0 Å². The third kappa shape index (κ3) is 5.82. The highest BCUT2D eigenvalue weighted by atomic mass is 16.5. The number of aryl methyl sites for hydroxylation is 1. The molecule has 1 aromatic carbocycles. The minimum absolute atomic E-state index is 0.0900. The summed E-state index contributed by atoms with van der Waals surface area (Å²) in [6, 6.07) is 5.75. The lowest BCUT2D eigenvalue weighted by molar-refractivity contribution is -0.139. The van der Waals surface area contributed by atoms with Crippen LogP contribution in [0, 0.1) is 6.92 Å². The molecule has 24 heavy (non-hydrogen) atoms. The van der Waals surface area contributed by atoms with Crippen LogP contribution in [0.15, 0.2) is 18.2 Å². The number of anilines is 1. The summed E-state index contributed by atoms with van der Waals surface area (Å²) in [6.45, 7) is 12.6. The number of amides is 1. The molecular weight excluding hydrogens is 302 g/mol. The topological polar surface area (TPSA) is 47.6 Å². The predicted octanol–water partition coefficient (Wildman–Crippen LogP) is 5.10. The summed E-state index contributed by atoms with van der Waals surface area (Å²) in [6.07, 6.45) is 3.86. The van der Waals surface area contributed by atoms with Crippen LogP contribution in [0.5, 0.6) is 5.75 Å². The number of benzene rings is 1. The van der Waals surface area contributed by atoms with Gasteiger partial charge in [0.05, 0.1) is 6.10 Å². The normalized spacial score (nSPS) is 14.8. The van der Waals surface area contributed by atoms with E-state index in [0.29, 0.717) is 6.61 Å². The molecule has 4 heteroatoms. The fourth-order valence-corrected chi connectivity index (χ4v) is 2.51. The van der Waals surface area contributed by atoms with E-state index in [1.54, 1.807) is 0 Å². The van der Waals surface area contributed by atoms with E-state index in [2.05, 4.69) is 26.1 Å². The summed E-state index contributed by atoms with van der Waals surface area (Å²) in [5.41, 5.74) is 1.00. The van der Waals surface area contributed by atoms with Crippen LogP contribution in [0.25, 0.3) is 0 Å². The minimum atomic E-state index is -0.787. The largest absolute Gasteiger partial charge is 0.490 e. The average Bonchev–Trinajstić information content (AvgIpc) is 2.55. The Morgan fingerprint density at radius 2 is 2.00 bits per heavy atom. The summed E-state index contributed by atoms with van der Waals surface area (Å²) >= 11 is 0. The SMILES string of the molecule is CCCC[C@@](C)(OCC)C(=O)Nc1ccc(O[C@@H](C)CC)c(C)c1. The maximum Gasteiger partial charge on any atom is 0.256 e. The van der Waals surface area contributed by atoms with Gasteiger partial charge >= 0.3 is 0 Å². The zero-order chi connectivity index (χ0) is 18.2. The molecule has 0 spiro atoms. The zero-order valence-electron chi connectivity index (χ0n) is 16.1. The smallest absolute Gasteiger partial charge is 0.256 e. The van der Waals surface area contributed by atoms with Crippen LogP contribution in [-0.2, 0) is 9.53 Å². The second-order valence-corrected chi connectivity index (χ2v) is 6.54. The number of nitrogens with one attached hydrogen (secondary N) is 1. The van der Waals surface area contributed by atoms with Crippen molar-refractivity contribution in [1.82, 2.24) is 0 Å². The van der Waals surface area contributed by atoms with Crippen LogP contribution in [0.3, 0.4) is 0 Å². The molecule has 2 atom stereocenters. The molecule has 4 nitrogen and oxygen atoms in total. The molecule has 0 aromatic heterocycles. The lowest BCUT2D eigenvalue weighted by Gasteiger charge is -2.28. The molecule has 0 bridgehead atoms. The van der Waals surface area contributed by atoms with E-state index in [-0.39, 0.29) is 12.0 Å². The number of carbonyl (C=O) groups excluding carboxylic acids is 1. The highest BCUT2D eigenvalue weighted by Gasteiger charge is 2.33. The Morgan fingerprint density at radius 3 is 2.54 bits per heavy atom. The summed E-state index contributed by atoms with van der Waals surface area (Å²) in [7, 11) is 0. The molecule has 0 unspecified atom stereocenters. The van der Waals surface area contributed by atoms with E-state index < -0.39 is 5.60 Å². The maximum absolute atomic E-state index is 12.7. The second-order valence-electron chi connectivity index (χ2n) is 6.54.